The second-order valence-electron chi connectivity index (χ2n) is 2.19. The first-order valence-corrected chi connectivity index (χ1v) is 3.37. The molecule has 1 nitrogen and oxygen atoms in total. The molecule has 0 amide bonds. The van der Waals surface area contributed by atoms with Gasteiger partial charge in [-0.15, -0.1) is 0 Å². The molecule has 0 heterocycles. The Morgan fingerprint density at radius 3 is 2.60 bits per heavy atom. The Kier molecular flexibility index (Phi) is 2.40. The maximum atomic E-state index is 12.7. The molecule has 0 saturated heterocycles. The molecule has 1 rings (SSSR count). The molecule has 10 heavy (non-hydrogen) atoms. The van der Waals surface area contributed by atoms with Crippen molar-refractivity contribution >= 4 is 0 Å². The van der Waals surface area contributed by atoms with Crippen molar-refractivity contribution in [3.63, 3.8) is 0 Å². The molecule has 0 spiro atoms. The van der Waals surface area contributed by atoms with Gasteiger partial charge < -0.3 is 5.73 Å². The average molecular weight is 140 g/mol. The molecule has 0 radical (unpaired) electrons. The topological polar surface area (TPSA) is 27.6 Å². The average Bonchev–Trinajstić information content (AvgIpc) is 1.94. The third kappa shape index (κ3) is 1.54. The molecule has 0 aliphatic rings. The van der Waals surface area contributed by atoms with Gasteiger partial charge in [0.25, 0.3) is 0 Å². The Morgan fingerprint density at radius 1 is 1.30 bits per heavy atom. The van der Waals surface area contributed by atoms with Gasteiger partial charge in [0.2, 0.25) is 0 Å². The van der Waals surface area contributed by atoms with E-state index >= 15 is 0 Å². The smallest absolute Gasteiger partial charge is 0.126 e. The quantitative estimate of drug-likeness (QED) is 0.623. The molecule has 0 atom stereocenters. The lowest BCUT2D eigenvalue weighted by Crippen LogP contribution is -2.51. The van der Waals surface area contributed by atoms with Crippen LogP contribution >= 0.6 is 0 Å². The Morgan fingerprint density at radius 2 is 2.00 bits per heavy atom. The van der Waals surface area contributed by atoms with Gasteiger partial charge in [0.05, 0.1) is 6.54 Å². The SMILES string of the molecule is [NH3+]CCc1ccccc1F. The predicted molar refractivity (Wildman–Crippen MR) is 37.9 cm³/mol. The van der Waals surface area contributed by atoms with E-state index in [1.807, 2.05) is 6.07 Å². The van der Waals surface area contributed by atoms with Crippen LogP contribution in [0.15, 0.2) is 24.3 Å². The molecular weight excluding hydrogens is 129 g/mol. The number of benzene rings is 1. The highest BCUT2D eigenvalue weighted by molar-refractivity contribution is 5.17. The largest absolute Gasteiger partial charge is 0.357 e. The summed E-state index contributed by atoms with van der Waals surface area (Å²) in [6.45, 7) is 0.751. The fourth-order valence-corrected chi connectivity index (χ4v) is 0.892. The van der Waals surface area contributed by atoms with Crippen LogP contribution in [0.1, 0.15) is 5.56 Å². The first-order chi connectivity index (χ1) is 4.84. The summed E-state index contributed by atoms with van der Waals surface area (Å²) < 4.78 is 12.7. The van der Waals surface area contributed by atoms with Crippen molar-refractivity contribution in [2.75, 3.05) is 6.54 Å². The Balaban J connectivity index is 2.81. The highest BCUT2D eigenvalue weighted by Crippen LogP contribution is 2.05. The lowest BCUT2D eigenvalue weighted by molar-refractivity contribution is -0.366. The third-order valence-electron chi connectivity index (χ3n) is 1.40. The van der Waals surface area contributed by atoms with Crippen LogP contribution < -0.4 is 5.73 Å². The number of rotatable bonds is 2. The summed E-state index contributed by atoms with van der Waals surface area (Å²) in [5, 5.41) is 0. The second kappa shape index (κ2) is 3.32. The normalized spacial score (nSPS) is 9.80. The zero-order valence-electron chi connectivity index (χ0n) is 5.81. The van der Waals surface area contributed by atoms with E-state index in [1.54, 1.807) is 12.1 Å². The zero-order valence-corrected chi connectivity index (χ0v) is 5.81. The van der Waals surface area contributed by atoms with Crippen molar-refractivity contribution < 1.29 is 10.1 Å². The van der Waals surface area contributed by atoms with Gasteiger partial charge in [-0.3, -0.25) is 0 Å². The molecule has 1 aromatic carbocycles. The molecule has 54 valence electrons. The predicted octanol–water partition coefficient (Wildman–Crippen LogP) is 0.610. The van der Waals surface area contributed by atoms with E-state index in [0.717, 1.165) is 18.5 Å². The molecule has 0 unspecified atom stereocenters. The first kappa shape index (κ1) is 7.22. The van der Waals surface area contributed by atoms with Crippen molar-refractivity contribution in [1.29, 1.82) is 0 Å². The highest BCUT2D eigenvalue weighted by atomic mass is 19.1. The van der Waals surface area contributed by atoms with Gasteiger partial charge in [-0.1, -0.05) is 18.2 Å². The number of hydrogen-bond acceptors (Lipinski definition) is 0. The van der Waals surface area contributed by atoms with E-state index in [0.29, 0.717) is 0 Å². The third-order valence-corrected chi connectivity index (χ3v) is 1.40. The van der Waals surface area contributed by atoms with E-state index in [-0.39, 0.29) is 5.82 Å². The lowest BCUT2D eigenvalue weighted by atomic mass is 10.1. The maximum absolute atomic E-state index is 12.7. The second-order valence-corrected chi connectivity index (χ2v) is 2.19. The van der Waals surface area contributed by atoms with Crippen molar-refractivity contribution in [3.8, 4) is 0 Å². The minimum absolute atomic E-state index is 0.119. The van der Waals surface area contributed by atoms with Crippen LogP contribution in [0, 0.1) is 5.82 Å². The molecule has 0 saturated carbocycles. The Bertz CT molecular complexity index is 210. The van der Waals surface area contributed by atoms with Crippen LogP contribution in [-0.4, -0.2) is 6.54 Å². The highest BCUT2D eigenvalue weighted by Gasteiger charge is 1.97. The van der Waals surface area contributed by atoms with Crippen molar-refractivity contribution in [2.45, 2.75) is 6.42 Å². The van der Waals surface area contributed by atoms with Crippen LogP contribution in [0.25, 0.3) is 0 Å². The van der Waals surface area contributed by atoms with Crippen LogP contribution in [-0.2, 0) is 6.42 Å². The molecule has 0 aliphatic heterocycles. The fraction of sp³-hybridized carbons (Fsp3) is 0.250. The summed E-state index contributed by atoms with van der Waals surface area (Å²) in [7, 11) is 0. The first-order valence-electron chi connectivity index (χ1n) is 3.37. The summed E-state index contributed by atoms with van der Waals surface area (Å²) >= 11 is 0. The maximum Gasteiger partial charge on any atom is 0.126 e. The van der Waals surface area contributed by atoms with Gasteiger partial charge in [-0.2, -0.15) is 0 Å². The van der Waals surface area contributed by atoms with Crippen molar-refractivity contribution in [2.24, 2.45) is 0 Å². The Labute approximate surface area is 59.7 Å². The molecule has 3 N–H and O–H groups in total. The van der Waals surface area contributed by atoms with Gasteiger partial charge in [0.15, 0.2) is 0 Å². The van der Waals surface area contributed by atoms with E-state index in [9.17, 15) is 4.39 Å². The van der Waals surface area contributed by atoms with E-state index in [1.165, 1.54) is 6.07 Å². The molecular formula is C8H11FN+. The fourth-order valence-electron chi connectivity index (χ4n) is 0.892. The zero-order chi connectivity index (χ0) is 7.40. The van der Waals surface area contributed by atoms with Gasteiger partial charge in [-0.25, -0.2) is 4.39 Å². The molecule has 0 fully saturated rings. The summed E-state index contributed by atoms with van der Waals surface area (Å²) in [4.78, 5) is 0. The summed E-state index contributed by atoms with van der Waals surface area (Å²) in [5.41, 5.74) is 4.42. The standard InChI is InChI=1S/C8H10FN/c9-8-4-2-1-3-7(8)5-6-10/h1-4H,5-6,10H2/p+1. The van der Waals surface area contributed by atoms with Crippen LogP contribution in [0.5, 0.6) is 0 Å². The number of halogens is 1. The molecule has 1 aromatic rings. The minimum atomic E-state index is -0.119. The molecule has 0 aliphatic carbocycles. The van der Waals surface area contributed by atoms with Crippen LogP contribution in [0.2, 0.25) is 0 Å². The number of hydrogen-bond donors (Lipinski definition) is 1. The van der Waals surface area contributed by atoms with Crippen LogP contribution in [0.3, 0.4) is 0 Å². The van der Waals surface area contributed by atoms with E-state index < -0.39 is 0 Å². The van der Waals surface area contributed by atoms with Gasteiger partial charge in [-0.05, 0) is 11.6 Å². The van der Waals surface area contributed by atoms with Gasteiger partial charge >= 0.3 is 0 Å². The monoisotopic (exact) mass is 140 g/mol. The van der Waals surface area contributed by atoms with Crippen molar-refractivity contribution in [1.82, 2.24) is 0 Å². The van der Waals surface area contributed by atoms with E-state index in [4.69, 9.17) is 0 Å². The van der Waals surface area contributed by atoms with E-state index in [2.05, 4.69) is 5.73 Å². The molecule has 0 aromatic heterocycles. The minimum Gasteiger partial charge on any atom is -0.357 e. The van der Waals surface area contributed by atoms with Crippen molar-refractivity contribution in [3.05, 3.63) is 35.6 Å². The summed E-state index contributed by atoms with van der Waals surface area (Å²) in [6.07, 6.45) is 0.729. The van der Waals surface area contributed by atoms with Gasteiger partial charge in [0, 0.05) is 6.42 Å². The molecule has 0 bridgehead atoms. The summed E-state index contributed by atoms with van der Waals surface area (Å²) in [5.74, 6) is -0.119. The van der Waals surface area contributed by atoms with Gasteiger partial charge in [0.1, 0.15) is 5.82 Å². The summed E-state index contributed by atoms with van der Waals surface area (Å²) in [6, 6.07) is 6.81. The molecule has 2 heteroatoms. The lowest BCUT2D eigenvalue weighted by Gasteiger charge is -1.96. The van der Waals surface area contributed by atoms with Crippen LogP contribution in [0.4, 0.5) is 4.39 Å². The Hall–Kier alpha value is -0.890. The number of quaternary nitrogens is 1.